The Kier molecular flexibility index (Phi) is 4.99. The first-order valence-electron chi connectivity index (χ1n) is 8.76. The van der Waals surface area contributed by atoms with E-state index >= 15 is 0 Å². The van der Waals surface area contributed by atoms with Crippen LogP contribution in [0.1, 0.15) is 30.1 Å². The maximum absolute atomic E-state index is 12.6. The number of hydrogen-bond acceptors (Lipinski definition) is 4. The van der Waals surface area contributed by atoms with Gasteiger partial charge in [0, 0.05) is 35.6 Å². The van der Waals surface area contributed by atoms with Crippen LogP contribution in [-0.4, -0.2) is 40.4 Å². The van der Waals surface area contributed by atoms with Gasteiger partial charge in [0.25, 0.3) is 0 Å². The van der Waals surface area contributed by atoms with Crippen molar-refractivity contribution in [3.63, 3.8) is 0 Å². The third-order valence-electron chi connectivity index (χ3n) is 4.82. The molecule has 1 aliphatic rings. The van der Waals surface area contributed by atoms with Crippen LogP contribution < -0.4 is 0 Å². The highest BCUT2D eigenvalue weighted by Crippen LogP contribution is 2.28. The zero-order valence-electron chi connectivity index (χ0n) is 14.6. The summed E-state index contributed by atoms with van der Waals surface area (Å²) in [6, 6.07) is 12.8. The molecule has 0 spiro atoms. The van der Waals surface area contributed by atoms with Crippen molar-refractivity contribution in [3.05, 3.63) is 70.5 Å². The highest BCUT2D eigenvalue weighted by molar-refractivity contribution is 7.92. The molecule has 1 saturated heterocycles. The van der Waals surface area contributed by atoms with Crippen molar-refractivity contribution in [2.45, 2.75) is 18.8 Å². The Morgan fingerprint density at radius 1 is 1.04 bits per heavy atom. The van der Waals surface area contributed by atoms with Gasteiger partial charge in [0.15, 0.2) is 5.65 Å². The molecule has 0 N–H and O–H groups in total. The highest BCUT2D eigenvalue weighted by atomic mass is 35.5. The SMILES string of the molecule is O=S(=O)(/C=C/c1ccc(Cl)cc1)N1CCC(c2nnc3ccccn23)CC1. The lowest BCUT2D eigenvalue weighted by molar-refractivity contribution is 0.315. The maximum Gasteiger partial charge on any atom is 0.236 e. The average Bonchev–Trinajstić information content (AvgIpc) is 3.12. The number of fused-ring (bicyclic) bond motifs is 1. The molecule has 0 radical (unpaired) electrons. The first-order chi connectivity index (χ1) is 13.0. The second-order valence-electron chi connectivity index (χ2n) is 6.56. The number of sulfonamides is 1. The van der Waals surface area contributed by atoms with Gasteiger partial charge >= 0.3 is 0 Å². The molecule has 0 aliphatic carbocycles. The Hall–Kier alpha value is -2.22. The van der Waals surface area contributed by atoms with Gasteiger partial charge in [-0.15, -0.1) is 10.2 Å². The molecular weight excluding hydrogens is 384 g/mol. The van der Waals surface area contributed by atoms with E-state index in [1.165, 1.54) is 9.71 Å². The molecule has 1 aromatic carbocycles. The van der Waals surface area contributed by atoms with Gasteiger partial charge in [-0.05, 0) is 48.7 Å². The molecule has 0 amide bonds. The summed E-state index contributed by atoms with van der Waals surface area (Å²) in [5, 5.41) is 10.4. The number of aromatic nitrogens is 3. The molecule has 4 rings (SSSR count). The van der Waals surface area contributed by atoms with E-state index in [-0.39, 0.29) is 5.92 Å². The standard InChI is InChI=1S/C19H19ClN4O2S/c20-17-6-4-15(5-7-17)10-14-27(25,26)23-12-8-16(9-13-23)19-22-21-18-3-1-2-11-24(18)19/h1-7,10-11,14,16H,8-9,12-13H2/b14-10+. The van der Waals surface area contributed by atoms with Crippen LogP contribution in [-0.2, 0) is 10.0 Å². The lowest BCUT2D eigenvalue weighted by Gasteiger charge is -2.29. The van der Waals surface area contributed by atoms with Gasteiger partial charge in [0.05, 0.1) is 0 Å². The summed E-state index contributed by atoms with van der Waals surface area (Å²) in [4.78, 5) is 0. The quantitative estimate of drug-likeness (QED) is 0.669. The van der Waals surface area contributed by atoms with Crippen molar-refractivity contribution in [2.75, 3.05) is 13.1 Å². The van der Waals surface area contributed by atoms with Crippen LogP contribution in [0.3, 0.4) is 0 Å². The minimum absolute atomic E-state index is 0.203. The van der Waals surface area contributed by atoms with E-state index in [1.54, 1.807) is 30.3 Å². The van der Waals surface area contributed by atoms with E-state index in [2.05, 4.69) is 10.2 Å². The molecule has 0 unspecified atom stereocenters. The average molecular weight is 403 g/mol. The fraction of sp³-hybridized carbons (Fsp3) is 0.263. The van der Waals surface area contributed by atoms with Crippen molar-refractivity contribution in [1.29, 1.82) is 0 Å². The predicted molar refractivity (Wildman–Crippen MR) is 106 cm³/mol. The zero-order chi connectivity index (χ0) is 18.9. The highest BCUT2D eigenvalue weighted by Gasteiger charge is 2.29. The van der Waals surface area contributed by atoms with Gasteiger partial charge in [0.1, 0.15) is 5.82 Å². The maximum atomic E-state index is 12.6. The van der Waals surface area contributed by atoms with E-state index in [0.29, 0.717) is 18.1 Å². The lowest BCUT2D eigenvalue weighted by Crippen LogP contribution is -2.37. The van der Waals surface area contributed by atoms with Crippen molar-refractivity contribution in [1.82, 2.24) is 18.9 Å². The Morgan fingerprint density at radius 2 is 1.78 bits per heavy atom. The van der Waals surface area contributed by atoms with E-state index in [4.69, 9.17) is 11.6 Å². The van der Waals surface area contributed by atoms with Crippen molar-refractivity contribution in [3.8, 4) is 0 Å². The van der Waals surface area contributed by atoms with Gasteiger partial charge in [-0.25, -0.2) is 8.42 Å². The molecule has 2 aromatic heterocycles. The number of piperidine rings is 1. The third kappa shape index (κ3) is 3.90. The fourth-order valence-corrected chi connectivity index (χ4v) is 4.68. The first kappa shape index (κ1) is 18.2. The number of rotatable bonds is 4. The van der Waals surface area contributed by atoms with Gasteiger partial charge in [-0.1, -0.05) is 29.8 Å². The van der Waals surface area contributed by atoms with Crippen molar-refractivity contribution < 1.29 is 8.42 Å². The second kappa shape index (κ2) is 7.42. The molecular formula is C19H19ClN4O2S. The van der Waals surface area contributed by atoms with E-state index in [0.717, 1.165) is 29.9 Å². The lowest BCUT2D eigenvalue weighted by atomic mass is 9.97. The summed E-state index contributed by atoms with van der Waals surface area (Å²) in [6.45, 7) is 0.944. The normalized spacial score (nSPS) is 17.1. The smallest absolute Gasteiger partial charge is 0.236 e. The minimum Gasteiger partial charge on any atom is -0.286 e. The van der Waals surface area contributed by atoms with Crippen molar-refractivity contribution in [2.24, 2.45) is 0 Å². The van der Waals surface area contributed by atoms with Crippen LogP contribution in [0.15, 0.2) is 54.1 Å². The largest absolute Gasteiger partial charge is 0.286 e. The molecule has 8 heteroatoms. The van der Waals surface area contributed by atoms with Gasteiger partial charge in [-0.2, -0.15) is 4.31 Å². The number of pyridine rings is 1. The monoisotopic (exact) mass is 402 g/mol. The van der Waals surface area contributed by atoms with E-state index in [9.17, 15) is 8.42 Å². The summed E-state index contributed by atoms with van der Waals surface area (Å²) in [5.41, 5.74) is 1.61. The summed E-state index contributed by atoms with van der Waals surface area (Å²) in [7, 11) is -3.45. The fourth-order valence-electron chi connectivity index (χ4n) is 3.33. The topological polar surface area (TPSA) is 67.6 Å². The summed E-state index contributed by atoms with van der Waals surface area (Å²) >= 11 is 5.85. The second-order valence-corrected chi connectivity index (χ2v) is 8.81. The van der Waals surface area contributed by atoms with Gasteiger partial charge in [-0.3, -0.25) is 4.40 Å². The Balaban J connectivity index is 1.44. The van der Waals surface area contributed by atoms with Gasteiger partial charge in [0.2, 0.25) is 10.0 Å². The molecule has 3 aromatic rings. The first-order valence-corrected chi connectivity index (χ1v) is 10.6. The van der Waals surface area contributed by atoms with Crippen LogP contribution in [0.2, 0.25) is 5.02 Å². The molecule has 0 saturated carbocycles. The molecule has 6 nitrogen and oxygen atoms in total. The molecule has 140 valence electrons. The van der Waals surface area contributed by atoms with Gasteiger partial charge < -0.3 is 0 Å². The van der Waals surface area contributed by atoms with Crippen LogP contribution >= 0.6 is 11.6 Å². The minimum atomic E-state index is -3.45. The molecule has 3 heterocycles. The third-order valence-corrected chi connectivity index (χ3v) is 6.64. The van der Waals surface area contributed by atoms with Crippen LogP contribution in [0.25, 0.3) is 11.7 Å². The Bertz CT molecular complexity index is 1070. The van der Waals surface area contributed by atoms with E-state index < -0.39 is 10.0 Å². The molecule has 0 atom stereocenters. The predicted octanol–water partition coefficient (Wildman–Crippen LogP) is 3.56. The van der Waals surface area contributed by atoms with Crippen LogP contribution in [0.5, 0.6) is 0 Å². The van der Waals surface area contributed by atoms with E-state index in [1.807, 2.05) is 28.8 Å². The molecule has 1 aliphatic heterocycles. The summed E-state index contributed by atoms with van der Waals surface area (Å²) < 4.78 is 28.7. The molecule has 1 fully saturated rings. The molecule has 0 bridgehead atoms. The number of nitrogens with zero attached hydrogens (tertiary/aromatic N) is 4. The number of hydrogen-bond donors (Lipinski definition) is 0. The van der Waals surface area contributed by atoms with Crippen LogP contribution in [0.4, 0.5) is 0 Å². The Morgan fingerprint density at radius 3 is 2.52 bits per heavy atom. The Labute approximate surface area is 163 Å². The molecule has 27 heavy (non-hydrogen) atoms. The zero-order valence-corrected chi connectivity index (χ0v) is 16.1. The van der Waals surface area contributed by atoms with Crippen molar-refractivity contribution >= 4 is 33.3 Å². The number of benzene rings is 1. The number of halogens is 1. The van der Waals surface area contributed by atoms with Crippen LogP contribution in [0, 0.1) is 0 Å². The summed E-state index contributed by atoms with van der Waals surface area (Å²) in [6.07, 6.45) is 5.00. The summed E-state index contributed by atoms with van der Waals surface area (Å²) in [5.74, 6) is 1.11.